The lowest BCUT2D eigenvalue weighted by molar-refractivity contribution is -0.118. The molecular formula is C13H21Cl2N3O. The zero-order chi connectivity index (χ0) is 12.3. The minimum atomic E-state index is 0. The summed E-state index contributed by atoms with van der Waals surface area (Å²) in [6.07, 6.45) is 0.415. The summed E-state index contributed by atoms with van der Waals surface area (Å²) in [4.78, 5) is 16.1. The summed E-state index contributed by atoms with van der Waals surface area (Å²) in [5, 5.41) is 0. The number of nitrogens with zero attached hydrogens (tertiary/aromatic N) is 2. The van der Waals surface area contributed by atoms with Gasteiger partial charge in [0.1, 0.15) is 0 Å². The molecule has 108 valence electrons. The van der Waals surface area contributed by atoms with Crippen LogP contribution < -0.4 is 10.6 Å². The number of amides is 1. The fraction of sp³-hybridized carbons (Fsp3) is 0.462. The van der Waals surface area contributed by atoms with E-state index < -0.39 is 0 Å². The average molecular weight is 306 g/mol. The van der Waals surface area contributed by atoms with Gasteiger partial charge in [-0.3, -0.25) is 4.79 Å². The van der Waals surface area contributed by atoms with Crippen LogP contribution in [-0.4, -0.2) is 37.5 Å². The van der Waals surface area contributed by atoms with Gasteiger partial charge in [-0.2, -0.15) is 0 Å². The monoisotopic (exact) mass is 305 g/mol. The molecule has 0 unspecified atom stereocenters. The molecule has 0 saturated heterocycles. The van der Waals surface area contributed by atoms with Crippen molar-refractivity contribution in [2.45, 2.75) is 13.0 Å². The summed E-state index contributed by atoms with van der Waals surface area (Å²) in [6, 6.07) is 8.10. The van der Waals surface area contributed by atoms with Crippen LogP contribution in [0.4, 0.5) is 5.69 Å². The maximum Gasteiger partial charge on any atom is 0.228 e. The van der Waals surface area contributed by atoms with Gasteiger partial charge in [0.05, 0.1) is 0 Å². The van der Waals surface area contributed by atoms with Crippen LogP contribution in [0.15, 0.2) is 24.3 Å². The highest BCUT2D eigenvalue weighted by molar-refractivity contribution is 5.94. The Morgan fingerprint density at radius 3 is 2.63 bits per heavy atom. The molecule has 0 aromatic heterocycles. The molecule has 1 amide bonds. The summed E-state index contributed by atoms with van der Waals surface area (Å²) in [5.74, 6) is 0.121. The number of benzene rings is 1. The van der Waals surface area contributed by atoms with Crippen LogP contribution in [0, 0.1) is 0 Å². The van der Waals surface area contributed by atoms with Gasteiger partial charge in [0.2, 0.25) is 5.91 Å². The van der Waals surface area contributed by atoms with Crippen molar-refractivity contribution in [3.05, 3.63) is 29.8 Å². The molecule has 1 aliphatic heterocycles. The van der Waals surface area contributed by atoms with Crippen molar-refractivity contribution >= 4 is 36.4 Å². The lowest BCUT2D eigenvalue weighted by atomic mass is 10.1. The molecular weight excluding hydrogens is 285 g/mol. The maximum atomic E-state index is 12.0. The molecule has 2 rings (SSSR count). The third-order valence-electron chi connectivity index (χ3n) is 3.09. The zero-order valence-electron chi connectivity index (χ0n) is 11.0. The van der Waals surface area contributed by atoms with Crippen LogP contribution in [-0.2, 0) is 11.3 Å². The molecule has 1 heterocycles. The third kappa shape index (κ3) is 4.35. The van der Waals surface area contributed by atoms with Crippen LogP contribution in [0.3, 0.4) is 0 Å². The van der Waals surface area contributed by atoms with Gasteiger partial charge in [0, 0.05) is 38.3 Å². The second kappa shape index (κ2) is 8.38. The number of para-hydroxylation sites is 1. The van der Waals surface area contributed by atoms with Crippen LogP contribution in [0.2, 0.25) is 0 Å². The van der Waals surface area contributed by atoms with E-state index in [4.69, 9.17) is 5.73 Å². The van der Waals surface area contributed by atoms with Crippen LogP contribution in [0.5, 0.6) is 0 Å². The smallest absolute Gasteiger partial charge is 0.228 e. The van der Waals surface area contributed by atoms with E-state index in [0.717, 1.165) is 25.3 Å². The second-order valence-electron chi connectivity index (χ2n) is 4.45. The van der Waals surface area contributed by atoms with Crippen molar-refractivity contribution in [1.29, 1.82) is 0 Å². The summed E-state index contributed by atoms with van der Waals surface area (Å²) >= 11 is 0. The van der Waals surface area contributed by atoms with Crippen molar-refractivity contribution in [3.8, 4) is 0 Å². The second-order valence-corrected chi connectivity index (χ2v) is 4.45. The Bertz CT molecular complexity index is 415. The SMILES string of the molecule is CN1CCN(C(=O)CCN)c2ccccc2C1.Cl.Cl. The first-order valence-corrected chi connectivity index (χ1v) is 5.99. The highest BCUT2D eigenvalue weighted by Crippen LogP contribution is 2.24. The van der Waals surface area contributed by atoms with Crippen molar-refractivity contribution in [3.63, 3.8) is 0 Å². The predicted molar refractivity (Wildman–Crippen MR) is 83.3 cm³/mol. The quantitative estimate of drug-likeness (QED) is 0.904. The van der Waals surface area contributed by atoms with E-state index in [0.29, 0.717) is 13.0 Å². The van der Waals surface area contributed by atoms with Gasteiger partial charge in [0.25, 0.3) is 0 Å². The van der Waals surface area contributed by atoms with E-state index in [1.165, 1.54) is 5.56 Å². The fourth-order valence-electron chi connectivity index (χ4n) is 2.19. The number of hydrogen-bond acceptors (Lipinski definition) is 3. The Balaban J connectivity index is 0.00000162. The zero-order valence-corrected chi connectivity index (χ0v) is 12.7. The van der Waals surface area contributed by atoms with Gasteiger partial charge in [-0.25, -0.2) is 0 Å². The van der Waals surface area contributed by atoms with Gasteiger partial charge in [-0.15, -0.1) is 24.8 Å². The van der Waals surface area contributed by atoms with Crippen molar-refractivity contribution in [2.75, 3.05) is 31.6 Å². The Morgan fingerprint density at radius 1 is 1.26 bits per heavy atom. The highest BCUT2D eigenvalue weighted by atomic mass is 35.5. The molecule has 1 aromatic rings. The number of carbonyl (C=O) groups is 1. The van der Waals surface area contributed by atoms with Crippen LogP contribution in [0.25, 0.3) is 0 Å². The van der Waals surface area contributed by atoms with Gasteiger partial charge in [0.15, 0.2) is 0 Å². The summed E-state index contributed by atoms with van der Waals surface area (Å²) < 4.78 is 0. The molecule has 19 heavy (non-hydrogen) atoms. The van der Waals surface area contributed by atoms with E-state index in [1.807, 2.05) is 23.1 Å². The van der Waals surface area contributed by atoms with Gasteiger partial charge >= 0.3 is 0 Å². The molecule has 0 atom stereocenters. The molecule has 6 heteroatoms. The lowest BCUT2D eigenvalue weighted by Gasteiger charge is -2.22. The molecule has 4 nitrogen and oxygen atoms in total. The van der Waals surface area contributed by atoms with E-state index in [1.54, 1.807) is 0 Å². The number of rotatable bonds is 2. The molecule has 1 aliphatic rings. The number of carbonyl (C=O) groups excluding carboxylic acids is 1. The number of halogens is 2. The third-order valence-corrected chi connectivity index (χ3v) is 3.09. The highest BCUT2D eigenvalue weighted by Gasteiger charge is 2.21. The van der Waals surface area contributed by atoms with E-state index in [2.05, 4.69) is 18.0 Å². The molecule has 0 aliphatic carbocycles. The average Bonchev–Trinajstić information content (AvgIpc) is 2.47. The Morgan fingerprint density at radius 2 is 1.95 bits per heavy atom. The minimum absolute atomic E-state index is 0. The molecule has 1 aromatic carbocycles. The van der Waals surface area contributed by atoms with Crippen molar-refractivity contribution in [2.24, 2.45) is 5.73 Å². The lowest BCUT2D eigenvalue weighted by Crippen LogP contribution is -2.36. The number of fused-ring (bicyclic) bond motifs is 1. The van der Waals surface area contributed by atoms with Crippen LogP contribution >= 0.6 is 24.8 Å². The van der Waals surface area contributed by atoms with E-state index in [9.17, 15) is 4.79 Å². The first-order valence-electron chi connectivity index (χ1n) is 5.99. The molecule has 0 saturated carbocycles. The Kier molecular flexibility index (Phi) is 8.02. The van der Waals surface area contributed by atoms with E-state index >= 15 is 0 Å². The first-order chi connectivity index (χ1) is 8.22. The van der Waals surface area contributed by atoms with Gasteiger partial charge < -0.3 is 15.5 Å². The molecule has 0 radical (unpaired) electrons. The van der Waals surface area contributed by atoms with Crippen LogP contribution in [0.1, 0.15) is 12.0 Å². The Labute approximate surface area is 126 Å². The van der Waals surface area contributed by atoms with Crippen molar-refractivity contribution < 1.29 is 4.79 Å². The minimum Gasteiger partial charge on any atom is -0.330 e. The van der Waals surface area contributed by atoms with Crippen molar-refractivity contribution in [1.82, 2.24) is 4.90 Å². The number of anilines is 1. The predicted octanol–water partition coefficient (Wildman–Crippen LogP) is 1.66. The normalized spacial score (nSPS) is 14.7. The van der Waals surface area contributed by atoms with E-state index in [-0.39, 0.29) is 30.7 Å². The number of hydrogen-bond donors (Lipinski definition) is 1. The molecule has 0 bridgehead atoms. The Hall–Kier alpha value is -0.810. The largest absolute Gasteiger partial charge is 0.330 e. The van der Waals surface area contributed by atoms with Gasteiger partial charge in [-0.1, -0.05) is 18.2 Å². The molecule has 0 fully saturated rings. The standard InChI is InChI=1S/C13H19N3O.2ClH/c1-15-8-9-16(13(17)6-7-14)12-5-3-2-4-11(12)10-15;;/h2-5H,6-10,14H2,1H3;2*1H. The molecule has 0 spiro atoms. The van der Waals surface area contributed by atoms with Gasteiger partial charge in [-0.05, 0) is 18.7 Å². The molecule has 2 N–H and O–H groups in total. The summed E-state index contributed by atoms with van der Waals surface area (Å²) in [6.45, 7) is 2.94. The summed E-state index contributed by atoms with van der Waals surface area (Å²) in [5.41, 5.74) is 7.71. The topological polar surface area (TPSA) is 49.6 Å². The number of likely N-dealkylation sites (N-methyl/N-ethyl adjacent to an activating group) is 1. The maximum absolute atomic E-state index is 12.0. The first kappa shape index (κ1) is 18.2. The summed E-state index contributed by atoms with van der Waals surface area (Å²) in [7, 11) is 2.08. The fourth-order valence-corrected chi connectivity index (χ4v) is 2.19. The number of nitrogens with two attached hydrogens (primary N) is 1.